The van der Waals surface area contributed by atoms with E-state index in [0.717, 1.165) is 11.3 Å². The van der Waals surface area contributed by atoms with Gasteiger partial charge in [-0.3, -0.25) is 4.98 Å². The third-order valence-corrected chi connectivity index (χ3v) is 3.07. The van der Waals surface area contributed by atoms with Crippen LogP contribution in [0.2, 0.25) is 0 Å². The van der Waals surface area contributed by atoms with Crippen molar-refractivity contribution in [1.29, 1.82) is 0 Å². The van der Waals surface area contributed by atoms with Crippen LogP contribution in [0.1, 0.15) is 38.1 Å². The van der Waals surface area contributed by atoms with E-state index in [2.05, 4.69) is 4.98 Å². The SMILES string of the molecule is Cc1cccnc1[C@@H]1CN(C(=O)OC(C)(C)C)CCO1. The van der Waals surface area contributed by atoms with Crippen molar-refractivity contribution in [2.24, 2.45) is 0 Å². The molecule has 0 unspecified atom stereocenters. The summed E-state index contributed by atoms with van der Waals surface area (Å²) in [4.78, 5) is 18.2. The van der Waals surface area contributed by atoms with Crippen molar-refractivity contribution in [3.63, 3.8) is 0 Å². The first-order chi connectivity index (χ1) is 9.37. The molecule has 20 heavy (non-hydrogen) atoms. The molecular weight excluding hydrogens is 256 g/mol. The van der Waals surface area contributed by atoms with Crippen molar-refractivity contribution in [1.82, 2.24) is 9.88 Å². The summed E-state index contributed by atoms with van der Waals surface area (Å²) in [5.74, 6) is 0. The smallest absolute Gasteiger partial charge is 0.410 e. The lowest BCUT2D eigenvalue weighted by Gasteiger charge is -2.34. The van der Waals surface area contributed by atoms with E-state index < -0.39 is 5.60 Å². The number of carbonyl (C=O) groups is 1. The highest BCUT2D eigenvalue weighted by Crippen LogP contribution is 2.24. The van der Waals surface area contributed by atoms with Gasteiger partial charge in [0.1, 0.15) is 11.7 Å². The predicted molar refractivity (Wildman–Crippen MR) is 75.5 cm³/mol. The van der Waals surface area contributed by atoms with Crippen LogP contribution in [-0.2, 0) is 9.47 Å². The van der Waals surface area contributed by atoms with Crippen LogP contribution >= 0.6 is 0 Å². The molecule has 2 heterocycles. The van der Waals surface area contributed by atoms with Crippen molar-refractivity contribution >= 4 is 6.09 Å². The van der Waals surface area contributed by atoms with Crippen LogP contribution in [0.25, 0.3) is 0 Å². The van der Waals surface area contributed by atoms with E-state index in [9.17, 15) is 4.79 Å². The Kier molecular flexibility index (Phi) is 4.28. The highest BCUT2D eigenvalue weighted by molar-refractivity contribution is 5.68. The van der Waals surface area contributed by atoms with Crippen LogP contribution in [0.3, 0.4) is 0 Å². The van der Waals surface area contributed by atoms with Crippen LogP contribution in [-0.4, -0.2) is 41.3 Å². The van der Waals surface area contributed by atoms with Crippen LogP contribution in [0, 0.1) is 6.92 Å². The van der Waals surface area contributed by atoms with Gasteiger partial charge in [-0.25, -0.2) is 4.79 Å². The van der Waals surface area contributed by atoms with Gasteiger partial charge < -0.3 is 14.4 Å². The predicted octanol–water partition coefficient (Wildman–Crippen LogP) is 2.70. The molecule has 5 nitrogen and oxygen atoms in total. The minimum absolute atomic E-state index is 0.183. The lowest BCUT2D eigenvalue weighted by molar-refractivity contribution is -0.0449. The number of pyridine rings is 1. The van der Waals surface area contributed by atoms with Crippen molar-refractivity contribution in [3.05, 3.63) is 29.6 Å². The second kappa shape index (κ2) is 5.79. The van der Waals surface area contributed by atoms with Crippen molar-refractivity contribution in [2.45, 2.75) is 39.4 Å². The number of rotatable bonds is 1. The van der Waals surface area contributed by atoms with E-state index in [1.165, 1.54) is 0 Å². The summed E-state index contributed by atoms with van der Waals surface area (Å²) in [5, 5.41) is 0. The zero-order chi connectivity index (χ0) is 14.8. The van der Waals surface area contributed by atoms with Crippen molar-refractivity contribution < 1.29 is 14.3 Å². The number of morpholine rings is 1. The van der Waals surface area contributed by atoms with E-state index in [4.69, 9.17) is 9.47 Å². The monoisotopic (exact) mass is 278 g/mol. The van der Waals surface area contributed by atoms with E-state index in [1.54, 1.807) is 11.1 Å². The van der Waals surface area contributed by atoms with Crippen molar-refractivity contribution in [3.8, 4) is 0 Å². The Bertz CT molecular complexity index is 482. The van der Waals surface area contributed by atoms with Crippen LogP contribution in [0.15, 0.2) is 18.3 Å². The molecule has 1 aromatic rings. The van der Waals surface area contributed by atoms with Gasteiger partial charge in [0.25, 0.3) is 0 Å². The summed E-state index contributed by atoms with van der Waals surface area (Å²) in [6.07, 6.45) is 1.27. The number of amides is 1. The molecule has 2 rings (SSSR count). The van der Waals surface area contributed by atoms with Gasteiger partial charge >= 0.3 is 6.09 Å². The Hall–Kier alpha value is -1.62. The molecule has 0 aromatic carbocycles. The topological polar surface area (TPSA) is 51.7 Å². The molecule has 0 radical (unpaired) electrons. The number of aryl methyl sites for hydroxylation is 1. The Morgan fingerprint density at radius 1 is 1.50 bits per heavy atom. The molecule has 1 aromatic heterocycles. The second-order valence-corrected chi connectivity index (χ2v) is 5.99. The van der Waals surface area contributed by atoms with Gasteiger partial charge in [0.05, 0.1) is 18.8 Å². The van der Waals surface area contributed by atoms with E-state index >= 15 is 0 Å². The van der Waals surface area contributed by atoms with Gasteiger partial charge in [-0.15, -0.1) is 0 Å². The maximum atomic E-state index is 12.1. The summed E-state index contributed by atoms with van der Waals surface area (Å²) in [6, 6.07) is 3.89. The third kappa shape index (κ3) is 3.70. The lowest BCUT2D eigenvalue weighted by Crippen LogP contribution is -2.45. The van der Waals surface area contributed by atoms with E-state index in [-0.39, 0.29) is 12.2 Å². The minimum atomic E-state index is -0.480. The van der Waals surface area contributed by atoms with Crippen LogP contribution < -0.4 is 0 Å². The molecule has 1 aliphatic rings. The molecule has 5 heteroatoms. The van der Waals surface area contributed by atoms with Crippen LogP contribution in [0.5, 0.6) is 0 Å². The summed E-state index contributed by atoms with van der Waals surface area (Å²) < 4.78 is 11.1. The summed E-state index contributed by atoms with van der Waals surface area (Å²) in [6.45, 7) is 9.13. The normalized spacial score (nSPS) is 19.8. The molecule has 1 aliphatic heterocycles. The fraction of sp³-hybridized carbons (Fsp3) is 0.600. The first-order valence-electron chi connectivity index (χ1n) is 6.88. The fourth-order valence-electron chi connectivity index (χ4n) is 2.14. The Labute approximate surface area is 119 Å². The zero-order valence-corrected chi connectivity index (χ0v) is 12.5. The number of ether oxygens (including phenoxy) is 2. The maximum absolute atomic E-state index is 12.1. The standard InChI is InChI=1S/C15H22N2O3/c1-11-6-5-7-16-13(11)12-10-17(8-9-19-12)14(18)20-15(2,3)4/h5-7,12H,8-10H2,1-4H3/t12-/m0/s1. The largest absolute Gasteiger partial charge is 0.444 e. The fourth-order valence-corrected chi connectivity index (χ4v) is 2.14. The number of hydrogen-bond donors (Lipinski definition) is 0. The number of nitrogens with zero attached hydrogens (tertiary/aromatic N) is 2. The number of hydrogen-bond acceptors (Lipinski definition) is 4. The molecule has 1 atom stereocenters. The van der Waals surface area contributed by atoms with Crippen LogP contribution in [0.4, 0.5) is 4.79 Å². The quantitative estimate of drug-likeness (QED) is 0.792. The van der Waals surface area contributed by atoms with Crippen molar-refractivity contribution in [2.75, 3.05) is 19.7 Å². The Balaban J connectivity index is 2.06. The van der Waals surface area contributed by atoms with Gasteiger partial charge in [0, 0.05) is 12.7 Å². The molecular formula is C15H22N2O3. The molecule has 1 fully saturated rings. The number of carbonyl (C=O) groups excluding carboxylic acids is 1. The highest BCUT2D eigenvalue weighted by Gasteiger charge is 2.30. The highest BCUT2D eigenvalue weighted by atomic mass is 16.6. The first kappa shape index (κ1) is 14.8. The van der Waals surface area contributed by atoms with Gasteiger partial charge in [0.15, 0.2) is 0 Å². The molecule has 1 amide bonds. The van der Waals surface area contributed by atoms with E-state index in [1.807, 2.05) is 39.8 Å². The molecule has 0 saturated carbocycles. The molecule has 0 bridgehead atoms. The molecule has 1 saturated heterocycles. The molecule has 0 spiro atoms. The summed E-state index contributed by atoms with van der Waals surface area (Å²) in [5.41, 5.74) is 1.48. The average molecular weight is 278 g/mol. The average Bonchev–Trinajstić information content (AvgIpc) is 2.37. The summed E-state index contributed by atoms with van der Waals surface area (Å²) in [7, 11) is 0. The third-order valence-electron chi connectivity index (χ3n) is 3.07. The van der Waals surface area contributed by atoms with Gasteiger partial charge in [-0.05, 0) is 39.3 Å². The first-order valence-corrected chi connectivity index (χ1v) is 6.88. The molecule has 110 valence electrons. The maximum Gasteiger partial charge on any atom is 0.410 e. The second-order valence-electron chi connectivity index (χ2n) is 5.99. The Morgan fingerprint density at radius 3 is 2.90 bits per heavy atom. The Morgan fingerprint density at radius 2 is 2.25 bits per heavy atom. The van der Waals surface area contributed by atoms with Gasteiger partial charge in [-0.2, -0.15) is 0 Å². The van der Waals surface area contributed by atoms with Gasteiger partial charge in [-0.1, -0.05) is 6.07 Å². The van der Waals surface area contributed by atoms with Gasteiger partial charge in [0.2, 0.25) is 0 Å². The zero-order valence-electron chi connectivity index (χ0n) is 12.5. The number of aromatic nitrogens is 1. The molecule has 0 aliphatic carbocycles. The minimum Gasteiger partial charge on any atom is -0.444 e. The lowest BCUT2D eigenvalue weighted by atomic mass is 10.1. The summed E-state index contributed by atoms with van der Waals surface area (Å²) >= 11 is 0. The molecule has 0 N–H and O–H groups in total. The van der Waals surface area contributed by atoms with E-state index in [0.29, 0.717) is 19.7 Å².